The van der Waals surface area contributed by atoms with Gasteiger partial charge in [0.15, 0.2) is 18.2 Å². The van der Waals surface area contributed by atoms with Gasteiger partial charge in [0.2, 0.25) is 5.88 Å². The normalized spacial score (nSPS) is 10.5. The molecule has 25 heavy (non-hydrogen) atoms. The maximum Gasteiger partial charge on any atom is 0.217 e. The molecule has 3 rings (SSSR count). The summed E-state index contributed by atoms with van der Waals surface area (Å²) < 4.78 is 5.61. The van der Waals surface area contributed by atoms with E-state index in [9.17, 15) is 4.79 Å². The highest BCUT2D eigenvalue weighted by atomic mass is 35.5. The summed E-state index contributed by atoms with van der Waals surface area (Å²) in [5.74, 6) is 0.787. The second-order valence-corrected chi connectivity index (χ2v) is 5.77. The maximum absolute atomic E-state index is 12.2. The third kappa shape index (κ3) is 4.39. The number of hydrogen-bond donors (Lipinski definition) is 0. The van der Waals surface area contributed by atoms with Crippen molar-refractivity contribution in [2.75, 3.05) is 6.61 Å². The topological polar surface area (TPSA) is 65.0 Å². The van der Waals surface area contributed by atoms with Gasteiger partial charge >= 0.3 is 0 Å². The lowest BCUT2D eigenvalue weighted by atomic mass is 10.1. The summed E-state index contributed by atoms with van der Waals surface area (Å²) >= 11 is 5.83. The van der Waals surface area contributed by atoms with E-state index in [-0.39, 0.29) is 12.4 Å². The monoisotopic (exact) mass is 353 g/mol. The molecule has 0 spiro atoms. The zero-order valence-corrected chi connectivity index (χ0v) is 14.4. The molecule has 0 aliphatic carbocycles. The van der Waals surface area contributed by atoms with Crippen LogP contribution < -0.4 is 4.74 Å². The number of ether oxygens (including phenoxy) is 1. The number of ketones is 1. The van der Waals surface area contributed by atoms with Gasteiger partial charge in [-0.3, -0.25) is 9.78 Å². The second-order valence-electron chi connectivity index (χ2n) is 5.33. The number of aromatic nitrogens is 3. The Hall–Kier alpha value is -2.79. The second kappa shape index (κ2) is 7.85. The van der Waals surface area contributed by atoms with Gasteiger partial charge in [-0.25, -0.2) is 4.98 Å². The SMILES string of the molecule is CCc1cc(OCC(=O)c2ccc(Cl)cc2)nc(-c2ccncc2)n1. The van der Waals surface area contributed by atoms with Crippen LogP contribution in [0.25, 0.3) is 11.4 Å². The van der Waals surface area contributed by atoms with Gasteiger partial charge in [-0.15, -0.1) is 0 Å². The Morgan fingerprint density at radius 3 is 2.48 bits per heavy atom. The van der Waals surface area contributed by atoms with Gasteiger partial charge in [-0.05, 0) is 42.8 Å². The number of aryl methyl sites for hydroxylation is 1. The molecule has 2 aromatic heterocycles. The number of pyridine rings is 1. The van der Waals surface area contributed by atoms with Crippen molar-refractivity contribution in [1.29, 1.82) is 0 Å². The molecule has 0 saturated carbocycles. The molecule has 0 bridgehead atoms. The minimum Gasteiger partial charge on any atom is -0.469 e. The first-order chi connectivity index (χ1) is 12.2. The lowest BCUT2D eigenvalue weighted by molar-refractivity contribution is 0.0918. The van der Waals surface area contributed by atoms with Crippen LogP contribution in [0.2, 0.25) is 5.02 Å². The lowest BCUT2D eigenvalue weighted by Gasteiger charge is -2.09. The van der Waals surface area contributed by atoms with Crippen LogP contribution in [-0.4, -0.2) is 27.3 Å². The highest BCUT2D eigenvalue weighted by Crippen LogP contribution is 2.19. The van der Waals surface area contributed by atoms with E-state index in [0.717, 1.165) is 17.7 Å². The Labute approximate surface area is 150 Å². The molecule has 2 heterocycles. The van der Waals surface area contributed by atoms with Gasteiger partial charge in [0.25, 0.3) is 0 Å². The van der Waals surface area contributed by atoms with Crippen molar-refractivity contribution in [3.8, 4) is 17.3 Å². The van der Waals surface area contributed by atoms with E-state index in [4.69, 9.17) is 16.3 Å². The van der Waals surface area contributed by atoms with Gasteiger partial charge in [-0.2, -0.15) is 4.98 Å². The molecule has 1 aromatic carbocycles. The zero-order chi connectivity index (χ0) is 17.6. The molecule has 0 unspecified atom stereocenters. The quantitative estimate of drug-likeness (QED) is 0.626. The predicted octanol–water partition coefficient (Wildman–Crippen LogP) is 4.02. The third-order valence-corrected chi connectivity index (χ3v) is 3.83. The molecule has 0 aliphatic rings. The van der Waals surface area contributed by atoms with E-state index in [1.165, 1.54) is 0 Å². The summed E-state index contributed by atoms with van der Waals surface area (Å²) in [6, 6.07) is 12.1. The first-order valence-corrected chi connectivity index (χ1v) is 8.23. The van der Waals surface area contributed by atoms with Crippen LogP contribution >= 0.6 is 11.6 Å². The highest BCUT2D eigenvalue weighted by molar-refractivity contribution is 6.30. The molecule has 0 amide bonds. The number of rotatable bonds is 6. The van der Waals surface area contributed by atoms with Crippen LogP contribution in [0.3, 0.4) is 0 Å². The largest absolute Gasteiger partial charge is 0.469 e. The van der Waals surface area contributed by atoms with Crippen LogP contribution in [0.1, 0.15) is 23.0 Å². The van der Waals surface area contributed by atoms with Crippen molar-refractivity contribution in [3.63, 3.8) is 0 Å². The van der Waals surface area contributed by atoms with E-state index in [1.54, 1.807) is 42.7 Å². The van der Waals surface area contributed by atoms with E-state index >= 15 is 0 Å². The molecule has 3 aromatic rings. The average molecular weight is 354 g/mol. The van der Waals surface area contributed by atoms with Crippen molar-refractivity contribution in [2.45, 2.75) is 13.3 Å². The van der Waals surface area contributed by atoms with Crippen molar-refractivity contribution in [1.82, 2.24) is 15.0 Å². The van der Waals surface area contributed by atoms with Crippen LogP contribution in [0.15, 0.2) is 54.9 Å². The van der Waals surface area contributed by atoms with E-state index in [0.29, 0.717) is 22.3 Å². The molecule has 0 fully saturated rings. The molecule has 5 nitrogen and oxygen atoms in total. The number of hydrogen-bond acceptors (Lipinski definition) is 5. The lowest BCUT2D eigenvalue weighted by Crippen LogP contribution is -2.12. The van der Waals surface area contributed by atoms with Crippen LogP contribution in [0, 0.1) is 0 Å². The number of benzene rings is 1. The van der Waals surface area contributed by atoms with Crippen LogP contribution in [-0.2, 0) is 6.42 Å². The summed E-state index contributed by atoms with van der Waals surface area (Å²) in [5, 5.41) is 0.586. The number of carbonyl (C=O) groups excluding carboxylic acids is 1. The Morgan fingerprint density at radius 1 is 1.08 bits per heavy atom. The maximum atomic E-state index is 12.2. The Balaban J connectivity index is 1.78. The van der Waals surface area contributed by atoms with Gasteiger partial charge in [-0.1, -0.05) is 18.5 Å². The zero-order valence-electron chi connectivity index (χ0n) is 13.6. The highest BCUT2D eigenvalue weighted by Gasteiger charge is 2.10. The summed E-state index contributed by atoms with van der Waals surface area (Å²) in [6.07, 6.45) is 4.10. The van der Waals surface area contributed by atoms with Crippen molar-refractivity contribution >= 4 is 17.4 Å². The summed E-state index contributed by atoms with van der Waals surface area (Å²) in [7, 11) is 0. The van der Waals surface area contributed by atoms with Crippen molar-refractivity contribution in [3.05, 3.63) is 71.1 Å². The molecule has 0 atom stereocenters. The van der Waals surface area contributed by atoms with Gasteiger partial charge < -0.3 is 4.74 Å². The number of Topliss-reactive ketones (excluding diaryl/α,β-unsaturated/α-hetero) is 1. The smallest absolute Gasteiger partial charge is 0.217 e. The van der Waals surface area contributed by atoms with Gasteiger partial charge in [0.05, 0.1) is 0 Å². The fourth-order valence-electron chi connectivity index (χ4n) is 2.22. The minimum absolute atomic E-state index is 0.0996. The molecule has 0 N–H and O–H groups in total. The van der Waals surface area contributed by atoms with Crippen molar-refractivity contribution in [2.24, 2.45) is 0 Å². The third-order valence-electron chi connectivity index (χ3n) is 3.57. The molecular formula is C19H16ClN3O2. The summed E-state index contributed by atoms with van der Waals surface area (Å²) in [4.78, 5) is 25.1. The minimum atomic E-state index is -0.140. The fraction of sp³-hybridized carbons (Fsp3) is 0.158. The summed E-state index contributed by atoms with van der Waals surface area (Å²) in [5.41, 5.74) is 2.23. The summed E-state index contributed by atoms with van der Waals surface area (Å²) in [6.45, 7) is 1.90. The predicted molar refractivity (Wildman–Crippen MR) is 95.9 cm³/mol. The van der Waals surface area contributed by atoms with Crippen LogP contribution in [0.4, 0.5) is 0 Å². The van der Waals surface area contributed by atoms with E-state index in [2.05, 4.69) is 15.0 Å². The number of halogens is 1. The number of carbonyl (C=O) groups is 1. The van der Waals surface area contributed by atoms with E-state index in [1.807, 2.05) is 19.1 Å². The first-order valence-electron chi connectivity index (χ1n) is 7.85. The Bertz CT molecular complexity index is 868. The average Bonchev–Trinajstić information content (AvgIpc) is 2.67. The van der Waals surface area contributed by atoms with E-state index < -0.39 is 0 Å². The van der Waals surface area contributed by atoms with Gasteiger partial charge in [0, 0.05) is 40.3 Å². The molecule has 0 radical (unpaired) electrons. The van der Waals surface area contributed by atoms with Crippen molar-refractivity contribution < 1.29 is 9.53 Å². The fourth-order valence-corrected chi connectivity index (χ4v) is 2.34. The molecule has 0 saturated heterocycles. The molecule has 0 aliphatic heterocycles. The van der Waals surface area contributed by atoms with Crippen LogP contribution in [0.5, 0.6) is 5.88 Å². The first kappa shape index (κ1) is 17.0. The number of nitrogens with zero attached hydrogens (tertiary/aromatic N) is 3. The Kier molecular flexibility index (Phi) is 5.36. The molecule has 126 valence electrons. The standard InChI is InChI=1S/C19H16ClN3O2/c1-2-16-11-18(23-19(22-16)14-7-9-21-10-8-14)25-12-17(24)13-3-5-15(20)6-4-13/h3-11H,2,12H2,1H3. The molecular weight excluding hydrogens is 338 g/mol. The van der Waals surface area contributed by atoms with Gasteiger partial charge in [0.1, 0.15) is 0 Å². The molecule has 6 heteroatoms. The Morgan fingerprint density at radius 2 is 1.80 bits per heavy atom.